The van der Waals surface area contributed by atoms with Gasteiger partial charge in [-0.3, -0.25) is 4.79 Å². The maximum atomic E-state index is 11.8. The van der Waals surface area contributed by atoms with Crippen LogP contribution in [0.4, 0.5) is 16.6 Å². The molecule has 0 aliphatic heterocycles. The van der Waals surface area contributed by atoms with Crippen LogP contribution >= 0.6 is 11.3 Å². The Morgan fingerprint density at radius 3 is 2.27 bits per heavy atom. The summed E-state index contributed by atoms with van der Waals surface area (Å²) in [4.78, 5) is 18.5. The second-order valence-electron chi connectivity index (χ2n) is 5.84. The predicted molar refractivity (Wildman–Crippen MR) is 104 cm³/mol. The summed E-state index contributed by atoms with van der Waals surface area (Å²) >= 11 is 1.24. The molecule has 0 bridgehead atoms. The SMILES string of the molecule is CC(C(N)=O)N(c1ccccc1)c1nc(N)c(C(O)c2ccccc2)s1. The van der Waals surface area contributed by atoms with Crippen LogP contribution in [0.3, 0.4) is 0 Å². The number of amides is 1. The maximum Gasteiger partial charge on any atom is 0.240 e. The zero-order valence-electron chi connectivity index (χ0n) is 14.2. The molecule has 0 saturated heterocycles. The van der Waals surface area contributed by atoms with Crippen LogP contribution in [-0.2, 0) is 4.79 Å². The van der Waals surface area contributed by atoms with Crippen LogP contribution in [0.1, 0.15) is 23.5 Å². The number of aliphatic hydroxyl groups excluding tert-OH is 1. The Morgan fingerprint density at radius 1 is 1.12 bits per heavy atom. The standard InChI is InChI=1S/C19H20N4O2S/c1-12(18(21)25)23(14-10-6-3-7-11-14)19-22-17(20)16(26-19)15(24)13-8-4-2-5-9-13/h2-12,15,24H,20H2,1H3,(H2,21,25). The second-order valence-corrected chi connectivity index (χ2v) is 6.85. The Labute approximate surface area is 155 Å². The van der Waals surface area contributed by atoms with Gasteiger partial charge in [0.25, 0.3) is 0 Å². The second kappa shape index (κ2) is 7.55. The summed E-state index contributed by atoms with van der Waals surface area (Å²) in [5.74, 6) is -0.244. The number of carbonyl (C=O) groups excluding carboxylic acids is 1. The summed E-state index contributed by atoms with van der Waals surface area (Å²) in [5.41, 5.74) is 13.1. The highest BCUT2D eigenvalue weighted by molar-refractivity contribution is 7.16. The number of hydrogen-bond acceptors (Lipinski definition) is 6. The molecule has 134 valence electrons. The van der Waals surface area contributed by atoms with Crippen LogP contribution < -0.4 is 16.4 Å². The van der Waals surface area contributed by atoms with Crippen molar-refractivity contribution in [1.29, 1.82) is 0 Å². The van der Waals surface area contributed by atoms with Gasteiger partial charge >= 0.3 is 0 Å². The molecule has 0 aliphatic carbocycles. The number of aromatic nitrogens is 1. The Kier molecular flexibility index (Phi) is 5.20. The highest BCUT2D eigenvalue weighted by Crippen LogP contribution is 2.39. The molecule has 1 aromatic heterocycles. The summed E-state index contributed by atoms with van der Waals surface area (Å²) in [6, 6.07) is 18.0. The number of nitrogens with zero attached hydrogens (tertiary/aromatic N) is 2. The van der Waals surface area contributed by atoms with Crippen molar-refractivity contribution >= 4 is 33.9 Å². The number of thiazole rings is 1. The molecule has 0 aliphatic rings. The van der Waals surface area contributed by atoms with Crippen LogP contribution in [0.2, 0.25) is 0 Å². The molecule has 1 amide bonds. The van der Waals surface area contributed by atoms with Crippen LogP contribution in [0.5, 0.6) is 0 Å². The number of primary amides is 1. The number of nitrogens with two attached hydrogens (primary N) is 2. The van der Waals surface area contributed by atoms with E-state index in [0.29, 0.717) is 10.0 Å². The van der Waals surface area contributed by atoms with E-state index in [1.807, 2.05) is 60.7 Å². The lowest BCUT2D eigenvalue weighted by Gasteiger charge is -2.26. The molecule has 7 heteroatoms. The first-order valence-corrected chi connectivity index (χ1v) is 8.93. The van der Waals surface area contributed by atoms with E-state index < -0.39 is 18.1 Å². The summed E-state index contributed by atoms with van der Waals surface area (Å²) in [5, 5.41) is 11.2. The first kappa shape index (κ1) is 17.9. The normalized spacial score (nSPS) is 13.2. The van der Waals surface area contributed by atoms with Crippen molar-refractivity contribution in [3.8, 4) is 0 Å². The van der Waals surface area contributed by atoms with Gasteiger partial charge in [-0.05, 0) is 24.6 Å². The molecule has 0 fully saturated rings. The fourth-order valence-corrected chi connectivity index (χ4v) is 3.73. The smallest absolute Gasteiger partial charge is 0.240 e. The van der Waals surface area contributed by atoms with E-state index in [9.17, 15) is 9.90 Å². The van der Waals surface area contributed by atoms with E-state index >= 15 is 0 Å². The molecule has 6 nitrogen and oxygen atoms in total. The fraction of sp³-hybridized carbons (Fsp3) is 0.158. The number of carbonyl (C=O) groups is 1. The van der Waals surface area contributed by atoms with Crippen molar-refractivity contribution in [3.05, 3.63) is 71.1 Å². The molecule has 0 spiro atoms. The van der Waals surface area contributed by atoms with Gasteiger partial charge in [-0.25, -0.2) is 4.98 Å². The van der Waals surface area contributed by atoms with Gasteiger partial charge in [-0.1, -0.05) is 59.9 Å². The molecular formula is C19H20N4O2S. The van der Waals surface area contributed by atoms with E-state index in [4.69, 9.17) is 11.5 Å². The summed E-state index contributed by atoms with van der Waals surface area (Å²) in [7, 11) is 0. The van der Waals surface area contributed by atoms with Gasteiger partial charge in [0.2, 0.25) is 5.91 Å². The van der Waals surface area contributed by atoms with Gasteiger partial charge in [0.15, 0.2) is 5.13 Å². The Morgan fingerprint density at radius 2 is 1.69 bits per heavy atom. The number of rotatable bonds is 6. The topological polar surface area (TPSA) is 105 Å². The maximum absolute atomic E-state index is 11.8. The number of hydrogen-bond donors (Lipinski definition) is 3. The quantitative estimate of drug-likeness (QED) is 0.620. The van der Waals surface area contributed by atoms with Crippen LogP contribution in [-0.4, -0.2) is 22.0 Å². The lowest BCUT2D eigenvalue weighted by Crippen LogP contribution is -2.39. The fourth-order valence-electron chi connectivity index (χ4n) is 2.63. The van der Waals surface area contributed by atoms with Gasteiger partial charge in [0.05, 0.1) is 4.88 Å². The largest absolute Gasteiger partial charge is 0.383 e. The first-order chi connectivity index (χ1) is 12.5. The van der Waals surface area contributed by atoms with Crippen molar-refractivity contribution in [2.45, 2.75) is 19.1 Å². The molecule has 2 unspecified atom stereocenters. The number of anilines is 3. The predicted octanol–water partition coefficient (Wildman–Crippen LogP) is 2.82. The molecule has 3 aromatic rings. The Hall–Kier alpha value is -2.90. The molecule has 26 heavy (non-hydrogen) atoms. The van der Waals surface area contributed by atoms with Gasteiger partial charge in [-0.15, -0.1) is 0 Å². The Balaban J connectivity index is 2.02. The van der Waals surface area contributed by atoms with E-state index in [2.05, 4.69) is 4.98 Å². The monoisotopic (exact) mass is 368 g/mol. The van der Waals surface area contributed by atoms with Crippen LogP contribution in [0.15, 0.2) is 60.7 Å². The number of aliphatic hydroxyl groups is 1. The van der Waals surface area contributed by atoms with Gasteiger partial charge in [0.1, 0.15) is 18.0 Å². The number of para-hydroxylation sites is 1. The molecule has 1 heterocycles. The van der Waals surface area contributed by atoms with Crippen LogP contribution in [0, 0.1) is 0 Å². The minimum absolute atomic E-state index is 0.235. The molecule has 2 atom stereocenters. The van der Waals surface area contributed by atoms with Crippen molar-refractivity contribution in [3.63, 3.8) is 0 Å². The summed E-state index contributed by atoms with van der Waals surface area (Å²) < 4.78 is 0. The lowest BCUT2D eigenvalue weighted by molar-refractivity contribution is -0.118. The van der Waals surface area contributed by atoms with Crippen molar-refractivity contribution in [2.24, 2.45) is 5.73 Å². The zero-order chi connectivity index (χ0) is 18.7. The minimum Gasteiger partial charge on any atom is -0.383 e. The minimum atomic E-state index is -0.885. The van der Waals surface area contributed by atoms with Crippen molar-refractivity contribution in [2.75, 3.05) is 10.6 Å². The average Bonchev–Trinajstić information content (AvgIpc) is 3.04. The molecule has 0 saturated carbocycles. The lowest BCUT2D eigenvalue weighted by atomic mass is 10.1. The van der Waals surface area contributed by atoms with Crippen molar-refractivity contribution < 1.29 is 9.90 Å². The van der Waals surface area contributed by atoms with Crippen molar-refractivity contribution in [1.82, 2.24) is 4.98 Å². The molecule has 2 aromatic carbocycles. The summed E-state index contributed by atoms with van der Waals surface area (Å²) in [6.07, 6.45) is -0.885. The molecule has 3 rings (SSSR count). The first-order valence-electron chi connectivity index (χ1n) is 8.12. The van der Waals surface area contributed by atoms with Gasteiger partial charge < -0.3 is 21.5 Å². The zero-order valence-corrected chi connectivity index (χ0v) is 15.1. The van der Waals surface area contributed by atoms with Gasteiger partial charge in [-0.2, -0.15) is 0 Å². The van der Waals surface area contributed by atoms with E-state index in [0.717, 1.165) is 11.3 Å². The third-order valence-electron chi connectivity index (χ3n) is 4.07. The van der Waals surface area contributed by atoms with Gasteiger partial charge in [0, 0.05) is 5.69 Å². The van der Waals surface area contributed by atoms with E-state index in [1.54, 1.807) is 11.8 Å². The van der Waals surface area contributed by atoms with E-state index in [-0.39, 0.29) is 5.82 Å². The molecular weight excluding hydrogens is 348 g/mol. The Bertz CT molecular complexity index is 883. The average molecular weight is 368 g/mol. The highest BCUT2D eigenvalue weighted by atomic mass is 32.1. The highest BCUT2D eigenvalue weighted by Gasteiger charge is 2.27. The number of nitrogen functional groups attached to an aromatic ring is 1. The van der Waals surface area contributed by atoms with E-state index in [1.165, 1.54) is 11.3 Å². The molecule has 0 radical (unpaired) electrons. The summed E-state index contributed by atoms with van der Waals surface area (Å²) in [6.45, 7) is 1.71. The number of benzene rings is 2. The third-order valence-corrected chi connectivity index (χ3v) is 5.20. The third kappa shape index (κ3) is 3.54. The molecule has 5 N–H and O–H groups in total. The van der Waals surface area contributed by atoms with Crippen LogP contribution in [0.25, 0.3) is 0 Å².